The molecule has 3 aromatic carbocycles. The van der Waals surface area contributed by atoms with E-state index in [1.807, 2.05) is 36.4 Å². The first kappa shape index (κ1) is 27.8. The Morgan fingerprint density at radius 2 is 1.59 bits per heavy atom. The van der Waals surface area contributed by atoms with Gasteiger partial charge in [-0.05, 0) is 52.4 Å². The molecule has 0 bridgehead atoms. The number of anilines is 1. The lowest BCUT2D eigenvalue weighted by Gasteiger charge is -2.29. The number of nitrogens with one attached hydrogen (secondary N) is 2. The molecule has 1 atom stereocenters. The van der Waals surface area contributed by atoms with Gasteiger partial charge in [-0.15, -0.1) is 0 Å². The first-order chi connectivity index (χ1) is 18.6. The standard InChI is InChI=1S/C30H34FN5O3/c1-30(2,3)23-12-10-22(11-13-23)28(38)35-14-15-36(29(39)34-25-9-5-8-24(31)17-25)27(35)26(37)33-19-21-7-4-6-20(16-21)18-32/h4-13,16-17,27H,14-15,18-19,32H2,1-3H3,(H,33,37)(H,34,39). The van der Waals surface area contributed by atoms with Crippen molar-refractivity contribution in [3.8, 4) is 0 Å². The summed E-state index contributed by atoms with van der Waals surface area (Å²) >= 11 is 0. The molecule has 4 amide bonds. The van der Waals surface area contributed by atoms with Crippen molar-refractivity contribution in [1.29, 1.82) is 0 Å². The zero-order chi connectivity index (χ0) is 28.2. The van der Waals surface area contributed by atoms with Gasteiger partial charge in [0.25, 0.3) is 11.8 Å². The molecule has 39 heavy (non-hydrogen) atoms. The molecule has 0 saturated carbocycles. The third kappa shape index (κ3) is 6.61. The predicted molar refractivity (Wildman–Crippen MR) is 148 cm³/mol. The van der Waals surface area contributed by atoms with Crippen molar-refractivity contribution in [3.63, 3.8) is 0 Å². The Bertz CT molecular complexity index is 1350. The summed E-state index contributed by atoms with van der Waals surface area (Å²) < 4.78 is 13.7. The molecule has 204 valence electrons. The molecule has 1 aliphatic rings. The number of rotatable bonds is 6. The average molecular weight is 532 g/mol. The number of nitrogens with two attached hydrogens (primary N) is 1. The van der Waals surface area contributed by atoms with Gasteiger partial charge in [-0.1, -0.05) is 63.2 Å². The van der Waals surface area contributed by atoms with Crippen molar-refractivity contribution in [2.75, 3.05) is 18.4 Å². The highest BCUT2D eigenvalue weighted by molar-refractivity contribution is 6.00. The van der Waals surface area contributed by atoms with Gasteiger partial charge in [0, 0.05) is 37.4 Å². The number of benzene rings is 3. The van der Waals surface area contributed by atoms with Crippen molar-refractivity contribution in [1.82, 2.24) is 15.1 Å². The number of halogens is 1. The molecule has 0 spiro atoms. The first-order valence-corrected chi connectivity index (χ1v) is 12.9. The van der Waals surface area contributed by atoms with Crippen molar-refractivity contribution >= 4 is 23.5 Å². The van der Waals surface area contributed by atoms with Crippen LogP contribution < -0.4 is 16.4 Å². The molecule has 0 radical (unpaired) electrons. The second kappa shape index (κ2) is 11.7. The highest BCUT2D eigenvalue weighted by Crippen LogP contribution is 2.25. The van der Waals surface area contributed by atoms with Crippen LogP contribution in [0.3, 0.4) is 0 Å². The van der Waals surface area contributed by atoms with Gasteiger partial charge < -0.3 is 21.3 Å². The van der Waals surface area contributed by atoms with Crippen LogP contribution in [0.2, 0.25) is 0 Å². The summed E-state index contributed by atoms with van der Waals surface area (Å²) in [5.74, 6) is -1.36. The number of urea groups is 1. The molecule has 1 heterocycles. The smallest absolute Gasteiger partial charge is 0.323 e. The molecule has 1 unspecified atom stereocenters. The molecule has 9 heteroatoms. The van der Waals surface area contributed by atoms with Crippen LogP contribution in [0, 0.1) is 5.82 Å². The van der Waals surface area contributed by atoms with E-state index in [0.717, 1.165) is 16.7 Å². The molecule has 0 aromatic heterocycles. The van der Waals surface area contributed by atoms with Crippen molar-refractivity contribution in [3.05, 3.63) is 101 Å². The van der Waals surface area contributed by atoms with Crippen molar-refractivity contribution < 1.29 is 18.8 Å². The Kier molecular flexibility index (Phi) is 8.30. The highest BCUT2D eigenvalue weighted by Gasteiger charge is 2.43. The van der Waals surface area contributed by atoms with Gasteiger partial charge in [-0.3, -0.25) is 14.5 Å². The summed E-state index contributed by atoms with van der Waals surface area (Å²) in [4.78, 5) is 43.0. The summed E-state index contributed by atoms with van der Waals surface area (Å²) in [6.07, 6.45) is -1.19. The zero-order valence-electron chi connectivity index (χ0n) is 22.4. The number of carbonyl (C=O) groups is 3. The van der Waals surface area contributed by atoms with E-state index in [0.29, 0.717) is 12.1 Å². The lowest BCUT2D eigenvalue weighted by molar-refractivity contribution is -0.128. The van der Waals surface area contributed by atoms with Gasteiger partial charge in [0.2, 0.25) is 0 Å². The number of amides is 4. The maximum atomic E-state index is 13.7. The second-order valence-electron chi connectivity index (χ2n) is 10.6. The van der Waals surface area contributed by atoms with E-state index in [9.17, 15) is 18.8 Å². The SMILES string of the molecule is CC(C)(C)c1ccc(C(=O)N2CCN(C(=O)Nc3cccc(F)c3)C2C(=O)NCc2cccc(CN)c2)cc1. The average Bonchev–Trinajstić information content (AvgIpc) is 3.36. The summed E-state index contributed by atoms with van der Waals surface area (Å²) in [6.45, 7) is 7.12. The predicted octanol–water partition coefficient (Wildman–Crippen LogP) is 4.21. The second-order valence-corrected chi connectivity index (χ2v) is 10.6. The minimum atomic E-state index is -1.19. The topological polar surface area (TPSA) is 108 Å². The van der Waals surface area contributed by atoms with Crippen molar-refractivity contribution in [2.24, 2.45) is 5.73 Å². The minimum Gasteiger partial charge on any atom is -0.349 e. The lowest BCUT2D eigenvalue weighted by atomic mass is 9.86. The Balaban J connectivity index is 1.57. The molecular weight excluding hydrogens is 497 g/mol. The quantitative estimate of drug-likeness (QED) is 0.443. The van der Waals surface area contributed by atoms with E-state index in [-0.39, 0.29) is 36.6 Å². The van der Waals surface area contributed by atoms with Gasteiger partial charge >= 0.3 is 6.03 Å². The molecule has 3 aromatic rings. The largest absolute Gasteiger partial charge is 0.349 e. The van der Waals surface area contributed by atoms with Crippen LogP contribution in [-0.2, 0) is 23.3 Å². The fourth-order valence-electron chi connectivity index (χ4n) is 4.52. The lowest BCUT2D eigenvalue weighted by Crippen LogP contribution is -2.54. The van der Waals surface area contributed by atoms with E-state index >= 15 is 0 Å². The van der Waals surface area contributed by atoms with E-state index in [4.69, 9.17) is 5.73 Å². The minimum absolute atomic E-state index is 0.0787. The van der Waals surface area contributed by atoms with Gasteiger partial charge in [-0.25, -0.2) is 9.18 Å². The molecule has 0 aliphatic carbocycles. The summed E-state index contributed by atoms with van der Waals surface area (Å²) in [5.41, 5.74) is 9.17. The molecule has 1 saturated heterocycles. The Morgan fingerprint density at radius 3 is 2.26 bits per heavy atom. The van der Waals surface area contributed by atoms with Gasteiger partial charge in [-0.2, -0.15) is 0 Å². The van der Waals surface area contributed by atoms with E-state index in [1.165, 1.54) is 28.0 Å². The monoisotopic (exact) mass is 531 g/mol. The van der Waals surface area contributed by atoms with Crippen LogP contribution in [0.1, 0.15) is 47.8 Å². The molecular formula is C30H34FN5O3. The van der Waals surface area contributed by atoms with E-state index < -0.39 is 23.9 Å². The third-order valence-electron chi connectivity index (χ3n) is 6.70. The molecule has 1 fully saturated rings. The van der Waals surface area contributed by atoms with Gasteiger partial charge in [0.1, 0.15) is 5.82 Å². The van der Waals surface area contributed by atoms with Crippen LogP contribution in [-0.4, -0.2) is 46.9 Å². The van der Waals surface area contributed by atoms with Crippen LogP contribution >= 0.6 is 0 Å². The van der Waals surface area contributed by atoms with Crippen LogP contribution in [0.15, 0.2) is 72.8 Å². The summed E-state index contributed by atoms with van der Waals surface area (Å²) in [6, 6.07) is 19.7. The van der Waals surface area contributed by atoms with Gasteiger partial charge in [0.15, 0.2) is 6.17 Å². The van der Waals surface area contributed by atoms with Crippen LogP contribution in [0.5, 0.6) is 0 Å². The Morgan fingerprint density at radius 1 is 0.923 bits per heavy atom. The Hall–Kier alpha value is -4.24. The maximum Gasteiger partial charge on any atom is 0.323 e. The van der Waals surface area contributed by atoms with Crippen LogP contribution in [0.25, 0.3) is 0 Å². The fraction of sp³-hybridized carbons (Fsp3) is 0.300. The maximum absolute atomic E-state index is 13.7. The first-order valence-electron chi connectivity index (χ1n) is 12.9. The number of nitrogens with zero attached hydrogens (tertiary/aromatic N) is 2. The summed E-state index contributed by atoms with van der Waals surface area (Å²) in [7, 11) is 0. The fourth-order valence-corrected chi connectivity index (χ4v) is 4.52. The number of hydrogen-bond donors (Lipinski definition) is 3. The zero-order valence-corrected chi connectivity index (χ0v) is 22.4. The van der Waals surface area contributed by atoms with E-state index in [2.05, 4.69) is 31.4 Å². The van der Waals surface area contributed by atoms with Crippen LogP contribution in [0.4, 0.5) is 14.9 Å². The van der Waals surface area contributed by atoms with Gasteiger partial charge in [0.05, 0.1) is 0 Å². The number of hydrogen-bond acceptors (Lipinski definition) is 4. The highest BCUT2D eigenvalue weighted by atomic mass is 19.1. The molecule has 8 nitrogen and oxygen atoms in total. The molecule has 4 rings (SSSR count). The molecule has 1 aliphatic heterocycles. The number of carbonyl (C=O) groups excluding carboxylic acids is 3. The normalized spacial score (nSPS) is 15.3. The third-order valence-corrected chi connectivity index (χ3v) is 6.70. The molecule has 4 N–H and O–H groups in total. The van der Waals surface area contributed by atoms with E-state index in [1.54, 1.807) is 18.2 Å². The summed E-state index contributed by atoms with van der Waals surface area (Å²) in [5, 5.41) is 5.50. The van der Waals surface area contributed by atoms with Crippen molar-refractivity contribution in [2.45, 2.75) is 45.4 Å². The Labute approximate surface area is 228 Å².